The summed E-state index contributed by atoms with van der Waals surface area (Å²) in [4.78, 5) is 10.7. The molecular formula is C11H12ClNO2. The minimum absolute atomic E-state index is 0.281. The first-order chi connectivity index (χ1) is 7.16. The first-order valence-corrected chi connectivity index (χ1v) is 5.26. The number of hydrogen-bond acceptors (Lipinski definition) is 2. The van der Waals surface area contributed by atoms with Gasteiger partial charge in [0.1, 0.15) is 6.04 Å². The fraction of sp³-hybridized carbons (Fsp3) is 0.364. The molecule has 0 unspecified atom stereocenters. The van der Waals surface area contributed by atoms with Crippen molar-refractivity contribution in [3.8, 4) is 0 Å². The lowest BCUT2D eigenvalue weighted by Crippen LogP contribution is -2.29. The molecule has 1 aromatic rings. The predicted molar refractivity (Wildman–Crippen MR) is 58.2 cm³/mol. The number of carbonyl (C=O) groups is 1. The summed E-state index contributed by atoms with van der Waals surface area (Å²) in [5.74, 6) is -0.491. The van der Waals surface area contributed by atoms with Crippen molar-refractivity contribution in [3.63, 3.8) is 0 Å². The lowest BCUT2D eigenvalue weighted by atomic mass is 9.96. The molecule has 2 rings (SSSR count). The van der Waals surface area contributed by atoms with E-state index in [4.69, 9.17) is 16.7 Å². The van der Waals surface area contributed by atoms with Gasteiger partial charge in [-0.15, -0.1) is 0 Å². The molecule has 1 heterocycles. The highest BCUT2D eigenvalue weighted by molar-refractivity contribution is 6.30. The number of nitrogens with one attached hydrogen (secondary N) is 1. The molecule has 4 heteroatoms. The van der Waals surface area contributed by atoms with Crippen LogP contribution >= 0.6 is 11.6 Å². The van der Waals surface area contributed by atoms with E-state index in [1.54, 1.807) is 0 Å². The largest absolute Gasteiger partial charge is 0.480 e. The Morgan fingerprint density at radius 3 is 2.60 bits per heavy atom. The van der Waals surface area contributed by atoms with Gasteiger partial charge in [0.15, 0.2) is 0 Å². The van der Waals surface area contributed by atoms with Gasteiger partial charge in [-0.25, -0.2) is 0 Å². The second-order valence-corrected chi connectivity index (χ2v) is 4.22. The topological polar surface area (TPSA) is 49.3 Å². The van der Waals surface area contributed by atoms with Crippen molar-refractivity contribution in [1.82, 2.24) is 5.32 Å². The monoisotopic (exact) mass is 225 g/mol. The van der Waals surface area contributed by atoms with Gasteiger partial charge in [0, 0.05) is 11.6 Å². The maximum absolute atomic E-state index is 10.7. The van der Waals surface area contributed by atoms with Crippen LogP contribution in [0.25, 0.3) is 0 Å². The Labute approximate surface area is 93.1 Å². The summed E-state index contributed by atoms with van der Waals surface area (Å²) in [5, 5.41) is 12.5. The molecule has 0 amide bonds. The number of rotatable bonds is 2. The van der Waals surface area contributed by atoms with Crippen LogP contribution in [0, 0.1) is 0 Å². The van der Waals surface area contributed by atoms with E-state index in [-0.39, 0.29) is 5.92 Å². The van der Waals surface area contributed by atoms with Crippen LogP contribution in [0.3, 0.4) is 0 Å². The van der Waals surface area contributed by atoms with Gasteiger partial charge < -0.3 is 10.4 Å². The first-order valence-electron chi connectivity index (χ1n) is 4.88. The second kappa shape index (κ2) is 4.21. The molecule has 15 heavy (non-hydrogen) atoms. The third kappa shape index (κ3) is 2.30. The fourth-order valence-electron chi connectivity index (χ4n) is 1.91. The summed E-state index contributed by atoms with van der Waals surface area (Å²) >= 11 is 5.79. The normalized spacial score (nSPS) is 25.4. The zero-order valence-corrected chi connectivity index (χ0v) is 8.87. The standard InChI is InChI=1S/C11H12ClNO2/c12-9-3-1-7(2-4-9)8-5-10(11(14)15)13-6-8/h1-4,8,10,13H,5-6H2,(H,14,15)/t8-,10-/m0/s1. The van der Waals surface area contributed by atoms with Crippen LogP contribution in [-0.4, -0.2) is 23.7 Å². The Balaban J connectivity index is 2.07. The van der Waals surface area contributed by atoms with E-state index in [1.165, 1.54) is 0 Å². The summed E-state index contributed by atoms with van der Waals surface area (Å²) in [6.45, 7) is 0.721. The van der Waals surface area contributed by atoms with Gasteiger partial charge in [0.25, 0.3) is 0 Å². The van der Waals surface area contributed by atoms with Crippen molar-refractivity contribution in [1.29, 1.82) is 0 Å². The predicted octanol–water partition coefficient (Wildman–Crippen LogP) is 1.87. The van der Waals surface area contributed by atoms with Gasteiger partial charge in [-0.05, 0) is 30.0 Å². The number of carboxylic acids is 1. The van der Waals surface area contributed by atoms with Gasteiger partial charge in [0.05, 0.1) is 0 Å². The lowest BCUT2D eigenvalue weighted by molar-refractivity contribution is -0.139. The molecule has 1 saturated heterocycles. The van der Waals surface area contributed by atoms with Gasteiger partial charge in [-0.2, -0.15) is 0 Å². The highest BCUT2D eigenvalue weighted by Gasteiger charge is 2.29. The lowest BCUT2D eigenvalue weighted by Gasteiger charge is -2.08. The van der Waals surface area contributed by atoms with Crippen LogP contribution in [0.4, 0.5) is 0 Å². The van der Waals surface area contributed by atoms with Crippen LogP contribution in [-0.2, 0) is 4.79 Å². The Hall–Kier alpha value is -1.06. The van der Waals surface area contributed by atoms with E-state index >= 15 is 0 Å². The molecule has 0 radical (unpaired) electrons. The number of aliphatic carboxylic acids is 1. The van der Waals surface area contributed by atoms with Crippen LogP contribution in [0.1, 0.15) is 17.9 Å². The van der Waals surface area contributed by atoms with Crippen molar-refractivity contribution in [2.24, 2.45) is 0 Å². The zero-order valence-electron chi connectivity index (χ0n) is 8.11. The molecule has 80 valence electrons. The van der Waals surface area contributed by atoms with Crippen LogP contribution in [0.2, 0.25) is 5.02 Å². The highest BCUT2D eigenvalue weighted by Crippen LogP contribution is 2.26. The molecule has 0 spiro atoms. The zero-order chi connectivity index (χ0) is 10.8. The van der Waals surface area contributed by atoms with Crippen molar-refractivity contribution in [2.75, 3.05) is 6.54 Å². The Morgan fingerprint density at radius 1 is 1.40 bits per heavy atom. The van der Waals surface area contributed by atoms with Crippen molar-refractivity contribution >= 4 is 17.6 Å². The van der Waals surface area contributed by atoms with Gasteiger partial charge in [-0.3, -0.25) is 4.79 Å². The van der Waals surface area contributed by atoms with Crippen molar-refractivity contribution in [2.45, 2.75) is 18.4 Å². The summed E-state index contributed by atoms with van der Waals surface area (Å²) in [7, 11) is 0. The molecule has 1 aliphatic heterocycles. The molecule has 1 aromatic carbocycles. The smallest absolute Gasteiger partial charge is 0.320 e. The van der Waals surface area contributed by atoms with Gasteiger partial charge in [0.2, 0.25) is 0 Å². The average molecular weight is 226 g/mol. The van der Waals surface area contributed by atoms with Crippen molar-refractivity contribution in [3.05, 3.63) is 34.9 Å². The molecule has 0 aromatic heterocycles. The molecular weight excluding hydrogens is 214 g/mol. The number of carboxylic acid groups (broad SMARTS) is 1. The van der Waals surface area contributed by atoms with Gasteiger partial charge >= 0.3 is 5.97 Å². The van der Waals surface area contributed by atoms with E-state index in [9.17, 15) is 4.79 Å². The molecule has 0 bridgehead atoms. The SMILES string of the molecule is O=C(O)[C@@H]1C[C@H](c2ccc(Cl)cc2)CN1. The Kier molecular flexibility index (Phi) is 2.93. The summed E-state index contributed by atoms with van der Waals surface area (Å²) < 4.78 is 0. The maximum Gasteiger partial charge on any atom is 0.320 e. The molecule has 0 aliphatic carbocycles. The van der Waals surface area contributed by atoms with Crippen LogP contribution in [0.15, 0.2) is 24.3 Å². The van der Waals surface area contributed by atoms with E-state index in [2.05, 4.69) is 5.32 Å². The van der Waals surface area contributed by atoms with E-state index in [0.29, 0.717) is 11.4 Å². The van der Waals surface area contributed by atoms with E-state index in [0.717, 1.165) is 12.1 Å². The minimum atomic E-state index is -0.772. The minimum Gasteiger partial charge on any atom is -0.480 e. The molecule has 1 aliphatic rings. The van der Waals surface area contributed by atoms with Gasteiger partial charge in [-0.1, -0.05) is 23.7 Å². The fourth-order valence-corrected chi connectivity index (χ4v) is 2.04. The Bertz CT molecular complexity index is 363. The summed E-state index contributed by atoms with van der Waals surface area (Å²) in [5.41, 5.74) is 1.15. The van der Waals surface area contributed by atoms with E-state index < -0.39 is 12.0 Å². The highest BCUT2D eigenvalue weighted by atomic mass is 35.5. The summed E-state index contributed by atoms with van der Waals surface area (Å²) in [6, 6.07) is 7.18. The van der Waals surface area contributed by atoms with Crippen LogP contribution in [0.5, 0.6) is 0 Å². The average Bonchev–Trinajstić information content (AvgIpc) is 2.68. The number of hydrogen-bond donors (Lipinski definition) is 2. The molecule has 2 N–H and O–H groups in total. The molecule has 0 saturated carbocycles. The first kappa shape index (κ1) is 10.5. The second-order valence-electron chi connectivity index (χ2n) is 3.78. The summed E-state index contributed by atoms with van der Waals surface area (Å²) in [6.07, 6.45) is 0.650. The van der Waals surface area contributed by atoms with Crippen molar-refractivity contribution < 1.29 is 9.90 Å². The van der Waals surface area contributed by atoms with Crippen LogP contribution < -0.4 is 5.32 Å². The number of benzene rings is 1. The Morgan fingerprint density at radius 2 is 2.07 bits per heavy atom. The number of halogens is 1. The van der Waals surface area contributed by atoms with E-state index in [1.807, 2.05) is 24.3 Å². The molecule has 2 atom stereocenters. The molecule has 1 fully saturated rings. The third-order valence-corrected chi connectivity index (χ3v) is 3.02. The maximum atomic E-state index is 10.7. The third-order valence-electron chi connectivity index (χ3n) is 2.77. The quantitative estimate of drug-likeness (QED) is 0.808. The molecule has 3 nitrogen and oxygen atoms in total.